The van der Waals surface area contributed by atoms with Crippen LogP contribution in [0, 0.1) is 0 Å². The normalized spacial score (nSPS) is 24.0. The second kappa shape index (κ2) is 7.34. The van der Waals surface area contributed by atoms with E-state index in [-0.39, 0.29) is 11.8 Å². The molecule has 0 saturated heterocycles. The third kappa shape index (κ3) is 3.13. The van der Waals surface area contributed by atoms with Crippen LogP contribution >= 0.6 is 0 Å². The molecule has 0 aliphatic carbocycles. The summed E-state index contributed by atoms with van der Waals surface area (Å²) in [5.41, 5.74) is 1.76. The highest BCUT2D eigenvalue weighted by Crippen LogP contribution is 2.31. The number of hydrogen-bond acceptors (Lipinski definition) is 5. The van der Waals surface area contributed by atoms with Crippen LogP contribution in [0.4, 0.5) is 0 Å². The number of fused-ring (bicyclic) bond motifs is 1. The molecule has 0 aromatic heterocycles. The Balaban J connectivity index is 1.62. The summed E-state index contributed by atoms with van der Waals surface area (Å²) in [5.74, 6) is -0.732. The molecule has 0 saturated carbocycles. The first-order chi connectivity index (χ1) is 13.2. The maximum absolute atomic E-state index is 12.9. The summed E-state index contributed by atoms with van der Waals surface area (Å²) in [6.45, 7) is 0.339. The summed E-state index contributed by atoms with van der Waals surface area (Å²) in [6.07, 6.45) is 1.83. The molecule has 6 nitrogen and oxygen atoms in total. The third-order valence-electron chi connectivity index (χ3n) is 4.74. The van der Waals surface area contributed by atoms with Gasteiger partial charge in [0.2, 0.25) is 6.29 Å². The Morgan fingerprint density at radius 2 is 1.59 bits per heavy atom. The molecule has 138 valence electrons. The lowest BCUT2D eigenvalue weighted by molar-refractivity contribution is -0.158. The van der Waals surface area contributed by atoms with E-state index in [2.05, 4.69) is 0 Å². The molecule has 27 heavy (non-hydrogen) atoms. The smallest absolute Gasteiger partial charge is 0.262 e. The van der Waals surface area contributed by atoms with E-state index >= 15 is 0 Å². The molecule has 3 atom stereocenters. The second-order valence-electron chi connectivity index (χ2n) is 6.35. The van der Waals surface area contributed by atoms with Crippen molar-refractivity contribution in [3.05, 3.63) is 83.6 Å². The van der Waals surface area contributed by atoms with Gasteiger partial charge in [-0.3, -0.25) is 14.5 Å². The summed E-state index contributed by atoms with van der Waals surface area (Å²) >= 11 is 0. The van der Waals surface area contributed by atoms with Gasteiger partial charge >= 0.3 is 0 Å². The standard InChI is InChI=1S/C21H19NO5/c1-25-21-18(22-19(23)15-9-5-6-10-16(15)20(22)24)17(11-12-26-21)27-13-14-7-3-2-4-8-14/h2-12,17-18,21H,13H2,1H3/t17-,18+,21+/m0/s1. The van der Waals surface area contributed by atoms with Crippen molar-refractivity contribution in [2.75, 3.05) is 7.11 Å². The van der Waals surface area contributed by atoms with E-state index < -0.39 is 18.4 Å². The number of rotatable bonds is 5. The number of ether oxygens (including phenoxy) is 3. The van der Waals surface area contributed by atoms with Crippen LogP contribution in [-0.4, -0.2) is 42.3 Å². The number of hydrogen-bond donors (Lipinski definition) is 0. The summed E-state index contributed by atoms with van der Waals surface area (Å²) < 4.78 is 16.9. The van der Waals surface area contributed by atoms with E-state index in [1.54, 1.807) is 30.3 Å². The number of amides is 2. The molecule has 2 heterocycles. The van der Waals surface area contributed by atoms with E-state index in [0.717, 1.165) is 5.56 Å². The van der Waals surface area contributed by atoms with Crippen LogP contribution in [0.1, 0.15) is 26.3 Å². The van der Waals surface area contributed by atoms with Crippen molar-refractivity contribution < 1.29 is 23.8 Å². The molecule has 0 radical (unpaired) electrons. The van der Waals surface area contributed by atoms with Crippen LogP contribution in [0.3, 0.4) is 0 Å². The zero-order valence-electron chi connectivity index (χ0n) is 14.8. The zero-order chi connectivity index (χ0) is 18.8. The molecule has 2 amide bonds. The van der Waals surface area contributed by atoms with Gasteiger partial charge in [0, 0.05) is 7.11 Å². The molecule has 0 fully saturated rings. The van der Waals surface area contributed by atoms with Gasteiger partial charge in [0.1, 0.15) is 12.1 Å². The van der Waals surface area contributed by atoms with Gasteiger partial charge in [-0.2, -0.15) is 0 Å². The highest BCUT2D eigenvalue weighted by atomic mass is 16.7. The minimum Gasteiger partial charge on any atom is -0.470 e. The Morgan fingerprint density at radius 3 is 2.22 bits per heavy atom. The van der Waals surface area contributed by atoms with Crippen molar-refractivity contribution in [2.24, 2.45) is 0 Å². The van der Waals surface area contributed by atoms with E-state index in [0.29, 0.717) is 17.7 Å². The average molecular weight is 365 g/mol. The summed E-state index contributed by atoms with van der Waals surface area (Å²) in [4.78, 5) is 27.0. The van der Waals surface area contributed by atoms with Gasteiger partial charge in [-0.1, -0.05) is 42.5 Å². The summed E-state index contributed by atoms with van der Waals surface area (Å²) in [5, 5.41) is 0. The maximum Gasteiger partial charge on any atom is 0.262 e. The maximum atomic E-state index is 12.9. The lowest BCUT2D eigenvalue weighted by Crippen LogP contribution is -2.56. The number of benzene rings is 2. The van der Waals surface area contributed by atoms with Crippen LogP contribution in [0.5, 0.6) is 0 Å². The molecular weight excluding hydrogens is 346 g/mol. The highest BCUT2D eigenvalue weighted by molar-refractivity contribution is 6.21. The molecule has 0 N–H and O–H groups in total. The summed E-state index contributed by atoms with van der Waals surface area (Å²) in [6, 6.07) is 15.7. The van der Waals surface area contributed by atoms with Crippen LogP contribution in [-0.2, 0) is 20.8 Å². The monoisotopic (exact) mass is 365 g/mol. The number of carbonyl (C=O) groups is 2. The number of carbonyl (C=O) groups excluding carboxylic acids is 2. The fourth-order valence-corrected chi connectivity index (χ4v) is 3.41. The molecule has 0 bridgehead atoms. The average Bonchev–Trinajstić information content (AvgIpc) is 2.97. The largest absolute Gasteiger partial charge is 0.470 e. The van der Waals surface area contributed by atoms with Gasteiger partial charge < -0.3 is 14.2 Å². The van der Waals surface area contributed by atoms with Crippen molar-refractivity contribution in [2.45, 2.75) is 25.0 Å². The topological polar surface area (TPSA) is 65.1 Å². The zero-order valence-corrected chi connectivity index (χ0v) is 14.8. The van der Waals surface area contributed by atoms with Crippen LogP contribution in [0.15, 0.2) is 66.9 Å². The molecule has 2 aromatic rings. The Kier molecular flexibility index (Phi) is 4.75. The molecule has 0 unspecified atom stereocenters. The van der Waals surface area contributed by atoms with Gasteiger partial charge in [-0.25, -0.2) is 0 Å². The van der Waals surface area contributed by atoms with E-state index in [1.165, 1.54) is 18.3 Å². The fourth-order valence-electron chi connectivity index (χ4n) is 3.41. The van der Waals surface area contributed by atoms with Gasteiger partial charge in [0.15, 0.2) is 0 Å². The molecule has 6 heteroatoms. The van der Waals surface area contributed by atoms with Crippen molar-refractivity contribution >= 4 is 11.8 Å². The highest BCUT2D eigenvalue weighted by Gasteiger charge is 2.48. The van der Waals surface area contributed by atoms with Crippen molar-refractivity contribution in [1.82, 2.24) is 4.90 Å². The van der Waals surface area contributed by atoms with Crippen LogP contribution in [0.25, 0.3) is 0 Å². The van der Waals surface area contributed by atoms with Crippen LogP contribution < -0.4 is 0 Å². The predicted molar refractivity (Wildman–Crippen MR) is 96.8 cm³/mol. The van der Waals surface area contributed by atoms with Gasteiger partial charge in [-0.05, 0) is 23.8 Å². The van der Waals surface area contributed by atoms with E-state index in [4.69, 9.17) is 14.2 Å². The lowest BCUT2D eigenvalue weighted by Gasteiger charge is -2.38. The third-order valence-corrected chi connectivity index (χ3v) is 4.74. The Labute approximate surface area is 156 Å². The predicted octanol–water partition coefficient (Wildman–Crippen LogP) is 2.75. The first-order valence-corrected chi connectivity index (χ1v) is 8.68. The van der Waals surface area contributed by atoms with E-state index in [1.807, 2.05) is 30.3 Å². The van der Waals surface area contributed by atoms with Gasteiger partial charge in [-0.15, -0.1) is 0 Å². The van der Waals surface area contributed by atoms with Gasteiger partial charge in [0.25, 0.3) is 11.8 Å². The summed E-state index contributed by atoms with van der Waals surface area (Å²) in [7, 11) is 1.48. The number of methoxy groups -OCH3 is 1. The minimum atomic E-state index is -0.807. The Morgan fingerprint density at radius 1 is 0.963 bits per heavy atom. The van der Waals surface area contributed by atoms with Crippen molar-refractivity contribution in [1.29, 1.82) is 0 Å². The molecule has 2 aliphatic heterocycles. The van der Waals surface area contributed by atoms with Crippen molar-refractivity contribution in [3.63, 3.8) is 0 Å². The number of imide groups is 1. The molecule has 2 aliphatic rings. The molecule has 0 spiro atoms. The fraction of sp³-hybridized carbons (Fsp3) is 0.238. The minimum absolute atomic E-state index is 0.339. The molecular formula is C21H19NO5. The second-order valence-corrected chi connectivity index (χ2v) is 6.35. The first kappa shape index (κ1) is 17.5. The van der Waals surface area contributed by atoms with Gasteiger partial charge in [0.05, 0.1) is 24.0 Å². The molecule has 4 rings (SSSR count). The van der Waals surface area contributed by atoms with E-state index in [9.17, 15) is 9.59 Å². The Bertz CT molecular complexity index is 844. The number of nitrogens with zero attached hydrogens (tertiary/aromatic N) is 1. The van der Waals surface area contributed by atoms with Crippen LogP contribution in [0.2, 0.25) is 0 Å². The SMILES string of the molecule is CO[C@@H]1OC=C[C@H](OCc2ccccc2)[C@H]1N1C(=O)c2ccccc2C1=O. The Hall–Kier alpha value is -2.96. The quantitative estimate of drug-likeness (QED) is 0.763. The first-order valence-electron chi connectivity index (χ1n) is 8.68. The van der Waals surface area contributed by atoms with Crippen molar-refractivity contribution in [3.8, 4) is 0 Å². The lowest BCUT2D eigenvalue weighted by atomic mass is 10.1. The molecule has 2 aromatic carbocycles.